The molecular weight excluding hydrogens is 334 g/mol. The first-order chi connectivity index (χ1) is 11.5. The van der Waals surface area contributed by atoms with Crippen molar-refractivity contribution in [2.75, 3.05) is 24.0 Å². The Morgan fingerprint density at radius 3 is 2.71 bits per heavy atom. The van der Waals surface area contributed by atoms with Crippen molar-refractivity contribution in [3.8, 4) is 11.5 Å². The Hall–Kier alpha value is -2.93. The molecule has 2 aromatic carbocycles. The van der Waals surface area contributed by atoms with E-state index in [1.54, 1.807) is 24.3 Å². The lowest BCUT2D eigenvalue weighted by molar-refractivity contribution is -0.114. The Balaban J connectivity index is 1.61. The zero-order valence-electron chi connectivity index (χ0n) is 12.5. The number of hydrogen-bond acceptors (Lipinski definition) is 5. The molecule has 0 radical (unpaired) electrons. The van der Waals surface area contributed by atoms with Crippen LogP contribution < -0.4 is 25.8 Å². The molecule has 0 atom stereocenters. The van der Waals surface area contributed by atoms with Gasteiger partial charge in [-0.15, -0.1) is 0 Å². The van der Waals surface area contributed by atoms with E-state index in [-0.39, 0.29) is 19.2 Å². The molecule has 2 amide bonds. The molecule has 8 heteroatoms. The average Bonchev–Trinajstić information content (AvgIpc) is 3.01. The van der Waals surface area contributed by atoms with E-state index < -0.39 is 5.91 Å². The standard InChI is InChI=1S/C16H14ClN3O4/c17-11-3-1-9(16(18)22)5-12(11)19-7-15(21)20-10-2-4-13-14(6-10)24-8-23-13/h1-6,19H,7-8H2,(H2,18,22)(H,20,21). The van der Waals surface area contributed by atoms with E-state index >= 15 is 0 Å². The molecule has 0 aromatic heterocycles. The van der Waals surface area contributed by atoms with Gasteiger partial charge in [-0.1, -0.05) is 11.6 Å². The fourth-order valence-electron chi connectivity index (χ4n) is 2.17. The van der Waals surface area contributed by atoms with Crippen molar-refractivity contribution >= 4 is 34.8 Å². The third-order valence-corrected chi connectivity index (χ3v) is 3.68. The number of hydrogen-bond donors (Lipinski definition) is 3. The Morgan fingerprint density at radius 1 is 1.12 bits per heavy atom. The summed E-state index contributed by atoms with van der Waals surface area (Å²) in [6, 6.07) is 9.67. The Kier molecular flexibility index (Phi) is 4.43. The first kappa shape index (κ1) is 15.9. The lowest BCUT2D eigenvalue weighted by atomic mass is 10.2. The number of carbonyl (C=O) groups excluding carboxylic acids is 2. The van der Waals surface area contributed by atoms with Crippen LogP contribution in [0, 0.1) is 0 Å². The minimum Gasteiger partial charge on any atom is -0.454 e. The minimum absolute atomic E-state index is 0.0314. The molecule has 0 unspecified atom stereocenters. The van der Waals surface area contributed by atoms with Crippen LogP contribution in [0.3, 0.4) is 0 Å². The number of fused-ring (bicyclic) bond motifs is 1. The van der Waals surface area contributed by atoms with Gasteiger partial charge >= 0.3 is 0 Å². The van der Waals surface area contributed by atoms with Crippen LogP contribution in [-0.4, -0.2) is 25.2 Å². The fraction of sp³-hybridized carbons (Fsp3) is 0.125. The molecule has 7 nitrogen and oxygen atoms in total. The number of halogens is 1. The van der Waals surface area contributed by atoms with Gasteiger partial charge in [0.15, 0.2) is 11.5 Å². The van der Waals surface area contributed by atoms with Gasteiger partial charge < -0.3 is 25.8 Å². The summed E-state index contributed by atoms with van der Waals surface area (Å²) in [5.41, 5.74) is 6.57. The molecule has 3 rings (SSSR count). The summed E-state index contributed by atoms with van der Waals surface area (Å²) >= 11 is 6.03. The zero-order chi connectivity index (χ0) is 17.1. The van der Waals surface area contributed by atoms with Gasteiger partial charge in [0.05, 0.1) is 17.3 Å². The summed E-state index contributed by atoms with van der Waals surface area (Å²) in [4.78, 5) is 23.2. The maximum absolute atomic E-state index is 12.0. The quantitative estimate of drug-likeness (QED) is 0.769. The zero-order valence-corrected chi connectivity index (χ0v) is 13.2. The van der Waals surface area contributed by atoms with Crippen molar-refractivity contribution in [1.29, 1.82) is 0 Å². The first-order valence-corrected chi connectivity index (χ1v) is 7.43. The number of ether oxygens (including phenoxy) is 2. The van der Waals surface area contributed by atoms with Crippen LogP contribution >= 0.6 is 11.6 Å². The van der Waals surface area contributed by atoms with E-state index in [4.69, 9.17) is 26.8 Å². The van der Waals surface area contributed by atoms with Crippen LogP contribution in [0.25, 0.3) is 0 Å². The van der Waals surface area contributed by atoms with Crippen molar-refractivity contribution in [2.24, 2.45) is 5.73 Å². The maximum Gasteiger partial charge on any atom is 0.248 e. The van der Waals surface area contributed by atoms with Gasteiger partial charge in [-0.3, -0.25) is 9.59 Å². The lowest BCUT2D eigenvalue weighted by Gasteiger charge is -2.10. The highest BCUT2D eigenvalue weighted by Crippen LogP contribution is 2.34. The second-order valence-corrected chi connectivity index (χ2v) is 5.44. The van der Waals surface area contributed by atoms with Gasteiger partial charge in [0.25, 0.3) is 0 Å². The largest absolute Gasteiger partial charge is 0.454 e. The molecule has 2 aromatic rings. The topological polar surface area (TPSA) is 103 Å². The lowest BCUT2D eigenvalue weighted by Crippen LogP contribution is -2.22. The highest BCUT2D eigenvalue weighted by atomic mass is 35.5. The van der Waals surface area contributed by atoms with Gasteiger partial charge in [0.1, 0.15) is 0 Å². The van der Waals surface area contributed by atoms with Gasteiger partial charge in [-0.25, -0.2) is 0 Å². The fourth-order valence-corrected chi connectivity index (χ4v) is 2.35. The van der Waals surface area contributed by atoms with E-state index in [9.17, 15) is 9.59 Å². The van der Waals surface area contributed by atoms with Crippen LogP contribution in [0.4, 0.5) is 11.4 Å². The predicted molar refractivity (Wildman–Crippen MR) is 89.7 cm³/mol. The normalized spacial score (nSPS) is 11.9. The number of primary amides is 1. The average molecular weight is 348 g/mol. The highest BCUT2D eigenvalue weighted by molar-refractivity contribution is 6.33. The third-order valence-electron chi connectivity index (χ3n) is 3.35. The summed E-state index contributed by atoms with van der Waals surface area (Å²) in [6.07, 6.45) is 0. The van der Waals surface area contributed by atoms with Crippen molar-refractivity contribution in [1.82, 2.24) is 0 Å². The van der Waals surface area contributed by atoms with Gasteiger partial charge in [0, 0.05) is 17.3 Å². The van der Waals surface area contributed by atoms with E-state index in [2.05, 4.69) is 10.6 Å². The molecule has 0 fully saturated rings. The Labute approximate surface area is 142 Å². The van der Waals surface area contributed by atoms with Crippen molar-refractivity contribution < 1.29 is 19.1 Å². The van der Waals surface area contributed by atoms with E-state index in [0.717, 1.165) is 0 Å². The molecule has 1 aliphatic heterocycles. The second kappa shape index (κ2) is 6.67. The molecule has 124 valence electrons. The summed E-state index contributed by atoms with van der Waals surface area (Å²) in [6.45, 7) is 0.138. The second-order valence-electron chi connectivity index (χ2n) is 5.03. The van der Waals surface area contributed by atoms with E-state index in [1.165, 1.54) is 12.1 Å². The van der Waals surface area contributed by atoms with E-state index in [0.29, 0.717) is 33.5 Å². The minimum atomic E-state index is -0.570. The molecule has 1 aliphatic rings. The van der Waals surface area contributed by atoms with Crippen LogP contribution in [0.5, 0.6) is 11.5 Å². The van der Waals surface area contributed by atoms with Crippen molar-refractivity contribution in [3.63, 3.8) is 0 Å². The van der Waals surface area contributed by atoms with E-state index in [1.807, 2.05) is 0 Å². The molecule has 0 bridgehead atoms. The van der Waals surface area contributed by atoms with Gasteiger partial charge in [-0.2, -0.15) is 0 Å². The summed E-state index contributed by atoms with van der Waals surface area (Å²) < 4.78 is 10.5. The predicted octanol–water partition coefficient (Wildman–Crippen LogP) is 2.22. The number of nitrogens with two attached hydrogens (primary N) is 1. The van der Waals surface area contributed by atoms with Crippen molar-refractivity contribution in [3.05, 3.63) is 47.0 Å². The molecule has 0 saturated carbocycles. The highest BCUT2D eigenvalue weighted by Gasteiger charge is 2.14. The number of benzene rings is 2. The SMILES string of the molecule is NC(=O)c1ccc(Cl)c(NCC(=O)Nc2ccc3c(c2)OCO3)c1. The molecule has 0 saturated heterocycles. The molecule has 0 aliphatic carbocycles. The molecule has 1 heterocycles. The van der Waals surface area contributed by atoms with Crippen LogP contribution in [-0.2, 0) is 4.79 Å². The molecule has 0 spiro atoms. The summed E-state index contributed by atoms with van der Waals surface area (Å²) in [5.74, 6) is 0.369. The van der Waals surface area contributed by atoms with Crippen LogP contribution in [0.15, 0.2) is 36.4 Å². The number of nitrogens with one attached hydrogen (secondary N) is 2. The van der Waals surface area contributed by atoms with Crippen molar-refractivity contribution in [2.45, 2.75) is 0 Å². The number of anilines is 2. The van der Waals surface area contributed by atoms with Gasteiger partial charge in [-0.05, 0) is 30.3 Å². The molecular formula is C16H14ClN3O4. The Bertz CT molecular complexity index is 810. The summed E-state index contributed by atoms with van der Waals surface area (Å²) in [7, 11) is 0. The Morgan fingerprint density at radius 2 is 1.92 bits per heavy atom. The maximum atomic E-state index is 12.0. The first-order valence-electron chi connectivity index (χ1n) is 7.05. The monoisotopic (exact) mass is 347 g/mol. The smallest absolute Gasteiger partial charge is 0.248 e. The van der Waals surface area contributed by atoms with Crippen LogP contribution in [0.2, 0.25) is 5.02 Å². The molecule has 4 N–H and O–H groups in total. The number of carbonyl (C=O) groups is 2. The van der Waals surface area contributed by atoms with Crippen LogP contribution in [0.1, 0.15) is 10.4 Å². The van der Waals surface area contributed by atoms with Gasteiger partial charge in [0.2, 0.25) is 18.6 Å². The third kappa shape index (κ3) is 3.52. The number of amides is 2. The summed E-state index contributed by atoms with van der Waals surface area (Å²) in [5, 5.41) is 5.98. The number of rotatable bonds is 5. The molecule has 24 heavy (non-hydrogen) atoms.